The molecule has 0 bridgehead atoms. The Bertz CT molecular complexity index is 466. The van der Waals surface area contributed by atoms with E-state index in [1.165, 1.54) is 6.26 Å². The zero-order valence-electron chi connectivity index (χ0n) is 9.73. The minimum Gasteiger partial charge on any atom is -0.491 e. The van der Waals surface area contributed by atoms with Crippen LogP contribution in [0.2, 0.25) is 0 Å². The number of nitrogen functional groups attached to an aromatic ring is 1. The van der Waals surface area contributed by atoms with E-state index in [0.717, 1.165) is 0 Å². The first-order valence-corrected chi connectivity index (χ1v) is 7.07. The molecule has 1 rings (SSSR count). The molecule has 90 valence electrons. The van der Waals surface area contributed by atoms with E-state index in [-0.39, 0.29) is 11.9 Å². The van der Waals surface area contributed by atoms with Crippen LogP contribution in [0.5, 0.6) is 5.75 Å². The molecule has 0 aliphatic rings. The summed E-state index contributed by atoms with van der Waals surface area (Å²) in [4.78, 5) is 0. The summed E-state index contributed by atoms with van der Waals surface area (Å²) >= 11 is 0. The van der Waals surface area contributed by atoms with Crippen LogP contribution in [-0.4, -0.2) is 20.8 Å². The van der Waals surface area contributed by atoms with Crippen molar-refractivity contribution in [2.45, 2.75) is 25.7 Å². The van der Waals surface area contributed by atoms with Crippen LogP contribution in [0.1, 0.15) is 19.4 Å². The fourth-order valence-corrected chi connectivity index (χ4v) is 2.15. The number of rotatable bonds is 4. The van der Waals surface area contributed by atoms with Gasteiger partial charge in [0.25, 0.3) is 0 Å². The SMILES string of the molecule is CC(C)Oc1ccc(N)cc1CS(C)(=O)=O. The highest BCUT2D eigenvalue weighted by Gasteiger charge is 2.11. The Morgan fingerprint density at radius 2 is 2.00 bits per heavy atom. The van der Waals surface area contributed by atoms with Gasteiger partial charge in [-0.05, 0) is 32.0 Å². The summed E-state index contributed by atoms with van der Waals surface area (Å²) in [5, 5.41) is 0. The molecule has 0 amide bonds. The molecule has 0 aromatic heterocycles. The number of hydrogen-bond donors (Lipinski definition) is 1. The first-order chi connectivity index (χ1) is 7.28. The normalized spacial score (nSPS) is 11.8. The van der Waals surface area contributed by atoms with Crippen molar-refractivity contribution in [2.75, 3.05) is 12.0 Å². The van der Waals surface area contributed by atoms with Crippen molar-refractivity contribution in [3.63, 3.8) is 0 Å². The average Bonchev–Trinajstić information content (AvgIpc) is 2.06. The molecule has 5 heteroatoms. The molecule has 0 unspecified atom stereocenters. The molecule has 0 atom stereocenters. The second-order valence-electron chi connectivity index (χ2n) is 4.10. The standard InChI is InChI=1S/C11H17NO3S/c1-8(2)15-11-5-4-10(12)6-9(11)7-16(3,13)14/h4-6,8H,7,12H2,1-3H3. The van der Waals surface area contributed by atoms with Gasteiger partial charge in [-0.25, -0.2) is 8.42 Å². The molecular weight excluding hydrogens is 226 g/mol. The highest BCUT2D eigenvalue weighted by molar-refractivity contribution is 7.89. The number of benzene rings is 1. The maximum Gasteiger partial charge on any atom is 0.151 e. The Balaban J connectivity index is 3.08. The first-order valence-electron chi connectivity index (χ1n) is 5.01. The summed E-state index contributed by atoms with van der Waals surface area (Å²) in [5.41, 5.74) is 6.77. The Labute approximate surface area is 96.3 Å². The summed E-state index contributed by atoms with van der Waals surface area (Å²) in [5.74, 6) is 0.523. The van der Waals surface area contributed by atoms with E-state index in [9.17, 15) is 8.42 Å². The Kier molecular flexibility index (Phi) is 3.80. The molecule has 0 radical (unpaired) electrons. The molecule has 0 fully saturated rings. The maximum atomic E-state index is 11.3. The second kappa shape index (κ2) is 4.74. The van der Waals surface area contributed by atoms with Crippen LogP contribution < -0.4 is 10.5 Å². The lowest BCUT2D eigenvalue weighted by molar-refractivity contribution is 0.240. The highest BCUT2D eigenvalue weighted by Crippen LogP contribution is 2.24. The van der Waals surface area contributed by atoms with Crippen LogP contribution >= 0.6 is 0 Å². The van der Waals surface area contributed by atoms with Gasteiger partial charge in [-0.3, -0.25) is 0 Å². The van der Waals surface area contributed by atoms with Crippen LogP contribution in [0.3, 0.4) is 0 Å². The van der Waals surface area contributed by atoms with E-state index in [2.05, 4.69) is 0 Å². The lowest BCUT2D eigenvalue weighted by Gasteiger charge is -2.14. The predicted octanol–water partition coefficient (Wildman–Crippen LogP) is 1.60. The minimum atomic E-state index is -3.09. The Morgan fingerprint density at radius 1 is 1.38 bits per heavy atom. The van der Waals surface area contributed by atoms with Crippen molar-refractivity contribution in [2.24, 2.45) is 0 Å². The Hall–Kier alpha value is -1.23. The lowest BCUT2D eigenvalue weighted by Crippen LogP contribution is -2.10. The molecule has 1 aromatic carbocycles. The van der Waals surface area contributed by atoms with Gasteiger partial charge >= 0.3 is 0 Å². The van der Waals surface area contributed by atoms with Gasteiger partial charge in [0.2, 0.25) is 0 Å². The van der Waals surface area contributed by atoms with Crippen molar-refractivity contribution < 1.29 is 13.2 Å². The van der Waals surface area contributed by atoms with Crippen molar-refractivity contribution in [1.82, 2.24) is 0 Å². The molecule has 0 aliphatic carbocycles. The maximum absolute atomic E-state index is 11.3. The molecule has 0 saturated heterocycles. The van der Waals surface area contributed by atoms with E-state index >= 15 is 0 Å². The molecule has 0 saturated carbocycles. The van der Waals surface area contributed by atoms with Crippen molar-refractivity contribution in [1.29, 1.82) is 0 Å². The number of sulfone groups is 1. The van der Waals surface area contributed by atoms with Crippen LogP contribution in [0.25, 0.3) is 0 Å². The van der Waals surface area contributed by atoms with Gasteiger partial charge in [0.1, 0.15) is 5.75 Å². The summed E-state index contributed by atoms with van der Waals surface area (Å²) in [6.45, 7) is 3.78. The van der Waals surface area contributed by atoms with Gasteiger partial charge in [-0.15, -0.1) is 0 Å². The van der Waals surface area contributed by atoms with Gasteiger partial charge in [-0.1, -0.05) is 0 Å². The summed E-state index contributed by atoms with van der Waals surface area (Å²) < 4.78 is 28.0. The molecule has 1 aromatic rings. The summed E-state index contributed by atoms with van der Waals surface area (Å²) in [7, 11) is -3.09. The zero-order valence-corrected chi connectivity index (χ0v) is 10.5. The van der Waals surface area contributed by atoms with Gasteiger partial charge in [0.15, 0.2) is 9.84 Å². The third kappa shape index (κ3) is 4.10. The third-order valence-corrected chi connectivity index (χ3v) is 2.70. The molecule has 0 aliphatic heterocycles. The largest absolute Gasteiger partial charge is 0.491 e. The molecule has 4 nitrogen and oxygen atoms in total. The van der Waals surface area contributed by atoms with Gasteiger partial charge in [0.05, 0.1) is 11.9 Å². The van der Waals surface area contributed by atoms with Gasteiger partial charge < -0.3 is 10.5 Å². The van der Waals surface area contributed by atoms with Crippen LogP contribution in [0.4, 0.5) is 5.69 Å². The van der Waals surface area contributed by atoms with Gasteiger partial charge in [0, 0.05) is 17.5 Å². The molecule has 16 heavy (non-hydrogen) atoms. The minimum absolute atomic E-state index is 0.00179. The second-order valence-corrected chi connectivity index (χ2v) is 6.24. The average molecular weight is 243 g/mol. The smallest absolute Gasteiger partial charge is 0.151 e. The fourth-order valence-electron chi connectivity index (χ4n) is 1.36. The Morgan fingerprint density at radius 3 is 2.50 bits per heavy atom. The summed E-state index contributed by atoms with van der Waals surface area (Å²) in [6.07, 6.45) is 1.19. The number of hydrogen-bond acceptors (Lipinski definition) is 4. The first kappa shape index (κ1) is 12.8. The molecule has 0 spiro atoms. The third-order valence-electron chi connectivity index (χ3n) is 1.86. The van der Waals surface area contributed by atoms with Gasteiger partial charge in [-0.2, -0.15) is 0 Å². The van der Waals surface area contributed by atoms with Crippen molar-refractivity contribution in [3.05, 3.63) is 23.8 Å². The fraction of sp³-hybridized carbons (Fsp3) is 0.455. The van der Waals surface area contributed by atoms with Crippen molar-refractivity contribution >= 4 is 15.5 Å². The van der Waals surface area contributed by atoms with E-state index in [1.807, 2.05) is 13.8 Å². The van der Waals surface area contributed by atoms with Crippen molar-refractivity contribution in [3.8, 4) is 5.75 Å². The quantitative estimate of drug-likeness (QED) is 0.815. The van der Waals surface area contributed by atoms with Crippen LogP contribution in [-0.2, 0) is 15.6 Å². The predicted molar refractivity (Wildman–Crippen MR) is 65.2 cm³/mol. The number of anilines is 1. The monoisotopic (exact) mass is 243 g/mol. The lowest BCUT2D eigenvalue weighted by atomic mass is 10.2. The number of nitrogens with two attached hydrogens (primary N) is 1. The van der Waals surface area contributed by atoms with E-state index in [4.69, 9.17) is 10.5 Å². The molecular formula is C11H17NO3S. The zero-order chi connectivity index (χ0) is 12.3. The summed E-state index contributed by atoms with van der Waals surface area (Å²) in [6, 6.07) is 5.04. The molecule has 0 heterocycles. The highest BCUT2D eigenvalue weighted by atomic mass is 32.2. The topological polar surface area (TPSA) is 69.4 Å². The van der Waals surface area contributed by atoms with Crippen LogP contribution in [0, 0.1) is 0 Å². The van der Waals surface area contributed by atoms with E-state index in [0.29, 0.717) is 17.0 Å². The van der Waals surface area contributed by atoms with E-state index < -0.39 is 9.84 Å². The van der Waals surface area contributed by atoms with E-state index in [1.54, 1.807) is 18.2 Å². The molecule has 2 N–H and O–H groups in total. The van der Waals surface area contributed by atoms with Crippen LogP contribution in [0.15, 0.2) is 18.2 Å². The number of ether oxygens (including phenoxy) is 1.